The summed E-state index contributed by atoms with van der Waals surface area (Å²) < 4.78 is 16.1. The van der Waals surface area contributed by atoms with Crippen LogP contribution >= 0.6 is 22.7 Å². The second-order valence-corrected chi connectivity index (χ2v) is 16.5. The second kappa shape index (κ2) is 16.8. The lowest BCUT2D eigenvalue weighted by atomic mass is 9.84. The second-order valence-electron chi connectivity index (χ2n) is 14.4. The third-order valence-corrected chi connectivity index (χ3v) is 12.8. The molecule has 0 fully saturated rings. The van der Waals surface area contributed by atoms with Crippen LogP contribution in [0.1, 0.15) is 45.2 Å². The third-order valence-electron chi connectivity index (χ3n) is 10.6. The Kier molecular flexibility index (Phi) is 11.0. The fraction of sp³-hybridized carbons (Fsp3) is 0.125. The number of fused-ring (bicyclic) bond motifs is 2. The van der Waals surface area contributed by atoms with Gasteiger partial charge in [0, 0.05) is 11.1 Å². The quantitative estimate of drug-likeness (QED) is 0.199. The van der Waals surface area contributed by atoms with E-state index in [9.17, 15) is 30.6 Å². The lowest BCUT2D eigenvalue weighted by Gasteiger charge is -2.22. The maximum atomic E-state index is 13.8. The number of hydrogen-bond donors (Lipinski definition) is 2. The summed E-state index contributed by atoms with van der Waals surface area (Å²) >= 11 is 2.24. The molecule has 12 nitrogen and oxygen atoms in total. The first kappa shape index (κ1) is 40.6. The molecule has 0 bridgehead atoms. The number of allylic oxidation sites excluding steroid dienone is 2. The molecule has 8 rings (SSSR count). The van der Waals surface area contributed by atoms with Crippen LogP contribution in [0.25, 0.3) is 34.9 Å². The first-order valence-corrected chi connectivity index (χ1v) is 20.8. The third kappa shape index (κ3) is 7.16. The zero-order chi connectivity index (χ0) is 43.7. The minimum absolute atomic E-state index is 0.0119. The number of nitrogens with two attached hydrogens (primary N) is 2. The van der Waals surface area contributed by atoms with E-state index in [1.165, 1.54) is 9.13 Å². The number of para-hydroxylation sites is 2. The van der Waals surface area contributed by atoms with E-state index in [-0.39, 0.29) is 47.1 Å². The number of nitrogens with zero attached hydrogens (tertiary/aromatic N) is 6. The van der Waals surface area contributed by atoms with Gasteiger partial charge in [0.25, 0.3) is 11.1 Å². The predicted molar refractivity (Wildman–Crippen MR) is 239 cm³/mol. The number of rotatable bonds is 9. The van der Waals surface area contributed by atoms with E-state index in [4.69, 9.17) is 20.9 Å². The van der Waals surface area contributed by atoms with E-state index in [0.717, 1.165) is 44.9 Å². The summed E-state index contributed by atoms with van der Waals surface area (Å²) in [5, 5.41) is 41.0. The summed E-state index contributed by atoms with van der Waals surface area (Å²) in [7, 11) is 0. The van der Waals surface area contributed by atoms with Crippen molar-refractivity contribution in [3.8, 4) is 35.8 Å². The molecule has 0 spiro atoms. The van der Waals surface area contributed by atoms with Crippen LogP contribution in [0.2, 0.25) is 0 Å². The smallest absolute Gasteiger partial charge is 0.274 e. The van der Waals surface area contributed by atoms with Crippen molar-refractivity contribution in [3.63, 3.8) is 0 Å². The summed E-state index contributed by atoms with van der Waals surface area (Å²) in [5.41, 5.74) is 17.5. The van der Waals surface area contributed by atoms with Crippen molar-refractivity contribution >= 4 is 57.6 Å². The molecule has 2 atom stereocenters. The first-order valence-electron chi connectivity index (χ1n) is 19.2. The summed E-state index contributed by atoms with van der Waals surface area (Å²) in [6, 6.07) is 38.2. The molecule has 4 N–H and O–H groups in total. The zero-order valence-corrected chi connectivity index (χ0v) is 34.9. The van der Waals surface area contributed by atoms with Gasteiger partial charge in [0.15, 0.2) is 0 Å². The van der Waals surface area contributed by atoms with Gasteiger partial charge in [-0.1, -0.05) is 96.1 Å². The fourth-order valence-electron chi connectivity index (χ4n) is 7.54. The van der Waals surface area contributed by atoms with Gasteiger partial charge in [0.1, 0.15) is 45.7 Å². The zero-order valence-electron chi connectivity index (χ0n) is 33.2. The van der Waals surface area contributed by atoms with E-state index in [1.807, 2.05) is 74.5 Å². The van der Waals surface area contributed by atoms with Crippen molar-refractivity contribution in [2.75, 3.05) is 13.2 Å². The van der Waals surface area contributed by atoms with Crippen molar-refractivity contribution in [1.82, 2.24) is 9.13 Å². The van der Waals surface area contributed by atoms with Gasteiger partial charge in [-0.2, -0.15) is 21.0 Å². The summed E-state index contributed by atoms with van der Waals surface area (Å²) in [6.45, 7) is 4.11. The maximum Gasteiger partial charge on any atom is 0.274 e. The summed E-state index contributed by atoms with van der Waals surface area (Å²) in [4.78, 5) is 27.7. The normalized spacial score (nSPS) is 16.2. The van der Waals surface area contributed by atoms with Crippen LogP contribution in [0.4, 0.5) is 0 Å². The monoisotopic (exact) mass is 850 g/mol. The van der Waals surface area contributed by atoms with Crippen molar-refractivity contribution in [1.29, 1.82) is 21.0 Å². The van der Waals surface area contributed by atoms with Gasteiger partial charge in [0.2, 0.25) is 0 Å². The number of hydrogen-bond acceptors (Lipinski definition) is 12. The Bertz CT molecular complexity index is 3220. The standard InChI is InChI=1S/C48H34N8O4S2/c1-27-11-15-29(16-12-27)41-33(23-49)43(53)55-45(57)39(61-47(55)35(41)25-51)21-31-7-3-5-9-37(31)59-19-20-60-38-10-6-4-8-32(38)22-40-46(58)56-44(54)34(24-50)42(36(26-52)48(56)62-40)30-17-13-28(2)14-18-30/h3-18,21-22,41-42H,19-20,53-54H2,1-2H3/b39-21+,40-22+. The molecule has 6 aromatic rings. The highest BCUT2D eigenvalue weighted by Crippen LogP contribution is 2.37. The Morgan fingerprint density at radius 1 is 0.565 bits per heavy atom. The number of aryl methyl sites for hydroxylation is 2. The van der Waals surface area contributed by atoms with Crippen LogP contribution in [-0.2, 0) is 0 Å². The van der Waals surface area contributed by atoms with Gasteiger partial charge in [-0.15, -0.1) is 22.7 Å². The van der Waals surface area contributed by atoms with E-state index >= 15 is 0 Å². The predicted octanol–water partition coefficient (Wildman–Crippen LogP) is 4.11. The van der Waals surface area contributed by atoms with Gasteiger partial charge in [-0.05, 0) is 49.3 Å². The van der Waals surface area contributed by atoms with Crippen molar-refractivity contribution in [2.24, 2.45) is 11.5 Å². The molecule has 0 aliphatic carbocycles. The van der Waals surface area contributed by atoms with Crippen molar-refractivity contribution in [2.45, 2.75) is 25.7 Å². The molecule has 2 aromatic heterocycles. The Morgan fingerprint density at radius 3 is 1.27 bits per heavy atom. The molecule has 4 heterocycles. The summed E-state index contributed by atoms with van der Waals surface area (Å²) in [6.07, 6.45) is 3.35. The lowest BCUT2D eigenvalue weighted by Crippen LogP contribution is -2.38. The molecule has 302 valence electrons. The first-order chi connectivity index (χ1) is 30.1. The number of thiazole rings is 2. The van der Waals surface area contributed by atoms with Crippen molar-refractivity contribution < 1.29 is 9.47 Å². The van der Waals surface area contributed by atoms with Crippen LogP contribution < -0.4 is 50.4 Å². The molecule has 4 aromatic carbocycles. The molecule has 0 saturated heterocycles. The van der Waals surface area contributed by atoms with Crippen LogP contribution in [0.15, 0.2) is 118 Å². The maximum absolute atomic E-state index is 13.8. The number of benzene rings is 4. The SMILES string of the molecule is Cc1ccc(C2C(C#N)=C(N)n3c(s/c(=C/c4ccccc4OCCOc4ccccc4/C=c4/sc5n(c4=O)C(N)=C(C#N)C(c4ccc(C)cc4)C=5C#N)c3=O)=C2C#N)cc1. The topological polar surface area (TPSA) is 210 Å². The number of nitriles is 4. The largest absolute Gasteiger partial charge is 0.489 e. The molecule has 2 unspecified atom stereocenters. The van der Waals surface area contributed by atoms with E-state index in [1.54, 1.807) is 48.6 Å². The molecule has 14 heteroatoms. The molecular weight excluding hydrogens is 817 g/mol. The molecule has 62 heavy (non-hydrogen) atoms. The van der Waals surface area contributed by atoms with Crippen molar-refractivity contribution in [3.05, 3.63) is 181 Å². The highest BCUT2D eigenvalue weighted by molar-refractivity contribution is 7.07. The van der Waals surface area contributed by atoms with Gasteiger partial charge >= 0.3 is 0 Å². The molecular formula is C48H34N8O4S2. The van der Waals surface area contributed by atoms with Crippen LogP contribution in [0.3, 0.4) is 0 Å². The Morgan fingerprint density at radius 2 is 0.919 bits per heavy atom. The van der Waals surface area contributed by atoms with E-state index in [2.05, 4.69) is 24.3 Å². The number of aromatic nitrogens is 2. The van der Waals surface area contributed by atoms with E-state index in [0.29, 0.717) is 41.0 Å². The average Bonchev–Trinajstić information content (AvgIpc) is 3.78. The molecule has 0 saturated carbocycles. The Labute approximate surface area is 362 Å². The van der Waals surface area contributed by atoms with Gasteiger partial charge in [-0.25, -0.2) is 0 Å². The van der Waals surface area contributed by atoms with Crippen LogP contribution in [0, 0.1) is 59.2 Å². The lowest BCUT2D eigenvalue weighted by molar-refractivity contribution is 0.216. The van der Waals surface area contributed by atoms with Crippen LogP contribution in [0.5, 0.6) is 11.5 Å². The molecule has 2 aliphatic heterocycles. The minimum Gasteiger partial charge on any atom is -0.489 e. The van der Waals surface area contributed by atoms with Crippen LogP contribution in [-0.4, -0.2) is 22.3 Å². The van der Waals surface area contributed by atoms with Gasteiger partial charge in [0.05, 0.1) is 67.5 Å². The highest BCUT2D eigenvalue weighted by Gasteiger charge is 2.33. The average molecular weight is 851 g/mol. The van der Waals surface area contributed by atoms with Gasteiger partial charge < -0.3 is 20.9 Å². The van der Waals surface area contributed by atoms with E-state index < -0.39 is 23.0 Å². The number of ether oxygens (including phenoxy) is 2. The Hall–Kier alpha value is -8.14. The minimum atomic E-state index is -0.715. The van der Waals surface area contributed by atoms with Gasteiger partial charge in [-0.3, -0.25) is 18.7 Å². The Balaban J connectivity index is 1.07. The fourth-order valence-corrected chi connectivity index (χ4v) is 9.77. The molecule has 2 aliphatic rings. The molecule has 0 amide bonds. The molecule has 0 radical (unpaired) electrons. The highest BCUT2D eigenvalue weighted by atomic mass is 32.1. The summed E-state index contributed by atoms with van der Waals surface area (Å²) in [5.74, 6) is -0.504.